The fraction of sp³-hybridized carbons (Fsp3) is 0.793. The molecule has 5 rings (SSSR count). The molecule has 8 atom stereocenters. The third kappa shape index (κ3) is 4.95. The minimum atomic E-state index is 0.390. The third-order valence-electron chi connectivity index (χ3n) is 9.74. The normalized spacial score (nSPS) is 39.8. The molecule has 0 aromatic heterocycles. The Labute approximate surface area is 196 Å². The topological polar surface area (TPSA) is 30.5 Å². The molecule has 3 heteroatoms. The first kappa shape index (κ1) is 22.9. The van der Waals surface area contributed by atoms with Gasteiger partial charge in [-0.1, -0.05) is 68.9 Å². The summed E-state index contributed by atoms with van der Waals surface area (Å²) in [6.07, 6.45) is 17.4. The maximum atomic E-state index is 6.49. The van der Waals surface area contributed by atoms with Gasteiger partial charge in [-0.2, -0.15) is 0 Å². The van der Waals surface area contributed by atoms with E-state index in [-0.39, 0.29) is 0 Å². The minimum absolute atomic E-state index is 0.390. The number of ether oxygens (including phenoxy) is 2. The molecular formula is C29H45NO2. The van der Waals surface area contributed by atoms with Crippen LogP contribution in [-0.4, -0.2) is 26.0 Å². The Morgan fingerprint density at radius 1 is 0.750 bits per heavy atom. The molecule has 0 spiro atoms. The quantitative estimate of drug-likeness (QED) is 0.488. The Balaban J connectivity index is 1.42. The highest BCUT2D eigenvalue weighted by Gasteiger charge is 2.51. The summed E-state index contributed by atoms with van der Waals surface area (Å²) in [5, 5.41) is 4.10. The van der Waals surface area contributed by atoms with Gasteiger partial charge in [0.05, 0.1) is 6.10 Å². The summed E-state index contributed by atoms with van der Waals surface area (Å²) in [5.74, 6) is 5.13. The number of rotatable bonds is 7. The van der Waals surface area contributed by atoms with Gasteiger partial charge in [0.1, 0.15) is 6.79 Å². The van der Waals surface area contributed by atoms with Gasteiger partial charge in [-0.05, 0) is 79.6 Å². The van der Waals surface area contributed by atoms with E-state index in [1.54, 1.807) is 7.11 Å². The van der Waals surface area contributed by atoms with Crippen molar-refractivity contribution in [1.82, 2.24) is 5.32 Å². The standard InChI is InChI=1S/C29H45NO2/c1-31-20-32-27-18-16-23-12-6-8-14-25(23)29(27)28-24-13-7-5-11-22(24)15-17-26(28)30-19-21-9-3-2-4-10-21/h2-4,9-10,22-30H,5-8,11-20H2,1H3/t22?,23?,24?,25?,26?,27-,28?,29-/m1/s1. The number of benzene rings is 1. The number of hydrogen-bond donors (Lipinski definition) is 1. The van der Waals surface area contributed by atoms with E-state index in [1.165, 1.54) is 82.6 Å². The second-order valence-corrected chi connectivity index (χ2v) is 11.3. The number of fused-ring (bicyclic) bond motifs is 2. The Morgan fingerprint density at radius 2 is 1.41 bits per heavy atom. The van der Waals surface area contributed by atoms with Crippen molar-refractivity contribution in [3.05, 3.63) is 35.9 Å². The average molecular weight is 440 g/mol. The molecule has 0 saturated heterocycles. The van der Waals surface area contributed by atoms with Crippen molar-refractivity contribution in [3.63, 3.8) is 0 Å². The first-order valence-corrected chi connectivity index (χ1v) is 13.7. The molecule has 1 N–H and O–H groups in total. The molecule has 4 aliphatic carbocycles. The van der Waals surface area contributed by atoms with Crippen molar-refractivity contribution in [1.29, 1.82) is 0 Å². The van der Waals surface area contributed by atoms with Crippen LogP contribution in [-0.2, 0) is 16.0 Å². The van der Waals surface area contributed by atoms with Gasteiger partial charge in [0.25, 0.3) is 0 Å². The van der Waals surface area contributed by atoms with E-state index in [9.17, 15) is 0 Å². The van der Waals surface area contributed by atoms with E-state index in [0.29, 0.717) is 24.9 Å². The van der Waals surface area contributed by atoms with E-state index in [4.69, 9.17) is 9.47 Å². The van der Waals surface area contributed by atoms with E-state index in [1.807, 2.05) is 0 Å². The lowest BCUT2D eigenvalue weighted by atomic mass is 9.52. The predicted molar refractivity (Wildman–Crippen MR) is 130 cm³/mol. The van der Waals surface area contributed by atoms with Gasteiger partial charge in [0.2, 0.25) is 0 Å². The van der Waals surface area contributed by atoms with Crippen LogP contribution in [0, 0.1) is 35.5 Å². The summed E-state index contributed by atoms with van der Waals surface area (Å²) in [4.78, 5) is 0. The zero-order valence-electron chi connectivity index (χ0n) is 20.2. The van der Waals surface area contributed by atoms with Crippen molar-refractivity contribution in [2.24, 2.45) is 35.5 Å². The molecule has 0 amide bonds. The monoisotopic (exact) mass is 439 g/mol. The summed E-state index contributed by atoms with van der Waals surface area (Å²) in [6.45, 7) is 1.46. The van der Waals surface area contributed by atoms with E-state index in [0.717, 1.165) is 36.1 Å². The zero-order valence-corrected chi connectivity index (χ0v) is 20.2. The van der Waals surface area contributed by atoms with Crippen molar-refractivity contribution in [2.75, 3.05) is 13.9 Å². The summed E-state index contributed by atoms with van der Waals surface area (Å²) < 4.78 is 11.9. The van der Waals surface area contributed by atoms with Crippen LogP contribution in [0.4, 0.5) is 0 Å². The van der Waals surface area contributed by atoms with Gasteiger partial charge in [0, 0.05) is 19.7 Å². The maximum Gasteiger partial charge on any atom is 0.146 e. The van der Waals surface area contributed by atoms with Gasteiger partial charge in [-0.3, -0.25) is 0 Å². The van der Waals surface area contributed by atoms with Crippen molar-refractivity contribution >= 4 is 0 Å². The van der Waals surface area contributed by atoms with Crippen molar-refractivity contribution in [3.8, 4) is 0 Å². The molecule has 0 aliphatic heterocycles. The summed E-state index contributed by atoms with van der Waals surface area (Å²) >= 11 is 0. The molecule has 32 heavy (non-hydrogen) atoms. The van der Waals surface area contributed by atoms with Crippen LogP contribution >= 0.6 is 0 Å². The third-order valence-corrected chi connectivity index (χ3v) is 9.74. The SMILES string of the molecule is COCO[C@@H]1CCC2CCCCC2[C@H]1C1C(NCc2ccccc2)CCC2CCCCC21. The van der Waals surface area contributed by atoms with Crippen LogP contribution in [0.1, 0.15) is 82.6 Å². The summed E-state index contributed by atoms with van der Waals surface area (Å²) in [7, 11) is 1.78. The molecule has 3 nitrogen and oxygen atoms in total. The average Bonchev–Trinajstić information content (AvgIpc) is 2.86. The molecule has 0 bridgehead atoms. The fourth-order valence-electron chi connectivity index (χ4n) is 8.45. The Morgan fingerprint density at radius 3 is 2.12 bits per heavy atom. The number of methoxy groups -OCH3 is 1. The highest BCUT2D eigenvalue weighted by atomic mass is 16.7. The minimum Gasteiger partial charge on any atom is -0.359 e. The van der Waals surface area contributed by atoms with Crippen LogP contribution in [0.3, 0.4) is 0 Å². The molecule has 4 fully saturated rings. The van der Waals surface area contributed by atoms with Gasteiger partial charge in [-0.15, -0.1) is 0 Å². The molecule has 0 heterocycles. The molecule has 6 unspecified atom stereocenters. The highest BCUT2D eigenvalue weighted by Crippen LogP contribution is 2.55. The van der Waals surface area contributed by atoms with Gasteiger partial charge in [-0.25, -0.2) is 0 Å². The zero-order chi connectivity index (χ0) is 21.8. The molecule has 4 aliphatic rings. The molecule has 1 aromatic rings. The van der Waals surface area contributed by atoms with Crippen molar-refractivity contribution < 1.29 is 9.47 Å². The van der Waals surface area contributed by atoms with E-state index in [2.05, 4.69) is 35.6 Å². The number of hydrogen-bond acceptors (Lipinski definition) is 3. The van der Waals surface area contributed by atoms with E-state index >= 15 is 0 Å². The molecule has 0 radical (unpaired) electrons. The second kappa shape index (κ2) is 11.0. The molecule has 1 aromatic carbocycles. The highest BCUT2D eigenvalue weighted by molar-refractivity contribution is 5.14. The lowest BCUT2D eigenvalue weighted by Crippen LogP contribution is -2.56. The maximum absolute atomic E-state index is 6.49. The number of nitrogens with one attached hydrogen (secondary N) is 1. The first-order valence-electron chi connectivity index (χ1n) is 13.7. The van der Waals surface area contributed by atoms with Crippen LogP contribution < -0.4 is 5.32 Å². The predicted octanol–water partition coefficient (Wildman–Crippen LogP) is 6.57. The Hall–Kier alpha value is -0.900. The second-order valence-electron chi connectivity index (χ2n) is 11.3. The lowest BCUT2D eigenvalue weighted by Gasteiger charge is -2.56. The molecule has 178 valence electrons. The van der Waals surface area contributed by atoms with Gasteiger partial charge in [0.15, 0.2) is 0 Å². The summed E-state index contributed by atoms with van der Waals surface area (Å²) in [5.41, 5.74) is 1.42. The summed E-state index contributed by atoms with van der Waals surface area (Å²) in [6, 6.07) is 11.7. The van der Waals surface area contributed by atoms with Crippen LogP contribution in [0.2, 0.25) is 0 Å². The molecular weight excluding hydrogens is 394 g/mol. The van der Waals surface area contributed by atoms with Crippen LogP contribution in [0.25, 0.3) is 0 Å². The van der Waals surface area contributed by atoms with Crippen LogP contribution in [0.5, 0.6) is 0 Å². The lowest BCUT2D eigenvalue weighted by molar-refractivity contribution is -0.156. The van der Waals surface area contributed by atoms with Gasteiger partial charge < -0.3 is 14.8 Å². The smallest absolute Gasteiger partial charge is 0.146 e. The Kier molecular flexibility index (Phi) is 7.87. The largest absolute Gasteiger partial charge is 0.359 e. The van der Waals surface area contributed by atoms with Gasteiger partial charge >= 0.3 is 0 Å². The Bertz CT molecular complexity index is 694. The fourth-order valence-corrected chi connectivity index (χ4v) is 8.45. The van der Waals surface area contributed by atoms with Crippen LogP contribution in [0.15, 0.2) is 30.3 Å². The molecule has 4 saturated carbocycles. The van der Waals surface area contributed by atoms with E-state index < -0.39 is 0 Å². The van der Waals surface area contributed by atoms with Crippen molar-refractivity contribution in [2.45, 2.75) is 95.7 Å². The first-order chi connectivity index (χ1) is 15.8.